The Bertz CT molecular complexity index is 264. The summed E-state index contributed by atoms with van der Waals surface area (Å²) in [5.41, 5.74) is 0.461. The van der Waals surface area contributed by atoms with E-state index < -0.39 is 8.32 Å². The van der Waals surface area contributed by atoms with Crippen LogP contribution in [0, 0.1) is 11.8 Å². The van der Waals surface area contributed by atoms with Crippen LogP contribution in [0.1, 0.15) is 44.9 Å². The molecular weight excluding hydrogens is 216 g/mol. The SMILES string of the molecule is C[Si](C)(O)[C@@H]1CC[C@@H](C(=O)C2CCCC2)C1. The zero-order chi connectivity index (χ0) is 11.8. The van der Waals surface area contributed by atoms with Gasteiger partial charge in [-0.15, -0.1) is 0 Å². The minimum atomic E-state index is -2.00. The first-order valence-corrected chi connectivity index (χ1v) is 9.77. The van der Waals surface area contributed by atoms with E-state index in [4.69, 9.17) is 0 Å². The summed E-state index contributed by atoms with van der Waals surface area (Å²) in [5, 5.41) is 0. The van der Waals surface area contributed by atoms with Gasteiger partial charge in [-0.3, -0.25) is 4.79 Å². The lowest BCUT2D eigenvalue weighted by atomic mass is 9.90. The molecule has 2 saturated carbocycles. The van der Waals surface area contributed by atoms with Gasteiger partial charge in [-0.2, -0.15) is 0 Å². The molecule has 1 N–H and O–H groups in total. The quantitative estimate of drug-likeness (QED) is 0.770. The fourth-order valence-corrected chi connectivity index (χ4v) is 5.16. The number of hydrogen-bond donors (Lipinski definition) is 1. The summed E-state index contributed by atoms with van der Waals surface area (Å²) in [6.45, 7) is 4.03. The minimum absolute atomic E-state index is 0.284. The second kappa shape index (κ2) is 4.61. The number of ketones is 1. The van der Waals surface area contributed by atoms with Gasteiger partial charge in [-0.1, -0.05) is 12.8 Å². The fourth-order valence-electron chi connectivity index (χ4n) is 3.43. The van der Waals surface area contributed by atoms with Crippen LogP contribution in [0.2, 0.25) is 18.6 Å². The normalized spacial score (nSPS) is 32.2. The zero-order valence-corrected chi connectivity index (χ0v) is 11.5. The van der Waals surface area contributed by atoms with E-state index in [1.807, 2.05) is 13.1 Å². The Morgan fingerprint density at radius 1 is 1.06 bits per heavy atom. The molecule has 92 valence electrons. The van der Waals surface area contributed by atoms with Gasteiger partial charge in [0.05, 0.1) is 0 Å². The van der Waals surface area contributed by atoms with Gasteiger partial charge in [0.1, 0.15) is 5.78 Å². The Labute approximate surface area is 99.6 Å². The molecule has 2 aliphatic carbocycles. The van der Waals surface area contributed by atoms with Crippen LogP contribution in [0.3, 0.4) is 0 Å². The van der Waals surface area contributed by atoms with E-state index in [-0.39, 0.29) is 5.92 Å². The minimum Gasteiger partial charge on any atom is -0.432 e. The van der Waals surface area contributed by atoms with E-state index in [1.165, 1.54) is 12.8 Å². The Morgan fingerprint density at radius 2 is 1.69 bits per heavy atom. The average molecular weight is 240 g/mol. The van der Waals surface area contributed by atoms with E-state index in [0.29, 0.717) is 17.2 Å². The molecule has 0 aliphatic heterocycles. The Morgan fingerprint density at radius 3 is 2.19 bits per heavy atom. The van der Waals surface area contributed by atoms with Crippen molar-refractivity contribution >= 4 is 14.1 Å². The molecule has 0 saturated heterocycles. The molecule has 0 aromatic carbocycles. The Balaban J connectivity index is 1.90. The second-order valence-electron chi connectivity index (χ2n) is 6.24. The number of Topliss-reactive ketones (excluding diaryl/α,β-unsaturated/α-hetero) is 1. The van der Waals surface area contributed by atoms with Crippen LogP contribution in [0.15, 0.2) is 0 Å². The summed E-state index contributed by atoms with van der Waals surface area (Å²) in [4.78, 5) is 22.4. The predicted octanol–water partition coefficient (Wildman–Crippen LogP) is 3.11. The maximum atomic E-state index is 12.3. The fraction of sp³-hybridized carbons (Fsp3) is 0.923. The van der Waals surface area contributed by atoms with Crippen LogP contribution in [0.4, 0.5) is 0 Å². The third-order valence-electron chi connectivity index (χ3n) is 4.59. The Kier molecular flexibility index (Phi) is 3.55. The van der Waals surface area contributed by atoms with Crippen molar-refractivity contribution in [3.05, 3.63) is 0 Å². The maximum absolute atomic E-state index is 12.3. The van der Waals surface area contributed by atoms with Gasteiger partial charge in [0, 0.05) is 11.8 Å². The molecule has 0 amide bonds. The molecule has 0 spiro atoms. The number of hydrogen-bond acceptors (Lipinski definition) is 2. The molecular formula is C13H24O2Si. The molecule has 2 rings (SSSR count). The summed E-state index contributed by atoms with van der Waals surface area (Å²) >= 11 is 0. The second-order valence-corrected chi connectivity index (χ2v) is 10.4. The molecule has 2 atom stereocenters. The zero-order valence-electron chi connectivity index (χ0n) is 10.5. The molecule has 3 heteroatoms. The lowest BCUT2D eigenvalue weighted by Crippen LogP contribution is -2.31. The molecule has 0 bridgehead atoms. The summed E-state index contributed by atoms with van der Waals surface area (Å²) in [6.07, 6.45) is 7.83. The van der Waals surface area contributed by atoms with Crippen LogP contribution in [0.25, 0.3) is 0 Å². The first kappa shape index (κ1) is 12.3. The smallest absolute Gasteiger partial charge is 0.185 e. The van der Waals surface area contributed by atoms with Crippen molar-refractivity contribution in [1.29, 1.82) is 0 Å². The van der Waals surface area contributed by atoms with E-state index in [9.17, 15) is 9.59 Å². The highest BCUT2D eigenvalue weighted by Gasteiger charge is 2.40. The lowest BCUT2D eigenvalue weighted by molar-refractivity contribution is -0.126. The summed E-state index contributed by atoms with van der Waals surface area (Å²) in [7, 11) is -2.00. The van der Waals surface area contributed by atoms with E-state index >= 15 is 0 Å². The number of carbonyl (C=O) groups is 1. The molecule has 2 nitrogen and oxygen atoms in total. The van der Waals surface area contributed by atoms with Crippen molar-refractivity contribution in [3.63, 3.8) is 0 Å². The van der Waals surface area contributed by atoms with E-state index in [1.54, 1.807) is 0 Å². The highest BCUT2D eigenvalue weighted by atomic mass is 28.4. The summed E-state index contributed by atoms with van der Waals surface area (Å²) < 4.78 is 0. The topological polar surface area (TPSA) is 37.3 Å². The highest BCUT2D eigenvalue weighted by Crippen LogP contribution is 2.43. The standard InChI is InChI=1S/C13H24O2Si/c1-16(2,15)12-8-7-11(9-12)13(14)10-5-3-4-6-10/h10-12,15H,3-9H2,1-2H3/t11-,12-/m1/s1. The van der Waals surface area contributed by atoms with E-state index in [2.05, 4.69) is 0 Å². The Hall–Kier alpha value is -0.153. The molecule has 0 aromatic rings. The number of carbonyl (C=O) groups excluding carboxylic acids is 1. The predicted molar refractivity (Wildman–Crippen MR) is 67.8 cm³/mol. The van der Waals surface area contributed by atoms with Crippen molar-refractivity contribution < 1.29 is 9.59 Å². The van der Waals surface area contributed by atoms with Gasteiger partial charge in [0.25, 0.3) is 0 Å². The van der Waals surface area contributed by atoms with Crippen LogP contribution >= 0.6 is 0 Å². The molecule has 16 heavy (non-hydrogen) atoms. The third-order valence-corrected chi connectivity index (χ3v) is 7.11. The van der Waals surface area contributed by atoms with Gasteiger partial charge in [0.2, 0.25) is 0 Å². The first-order chi connectivity index (χ1) is 7.48. The first-order valence-electron chi connectivity index (χ1n) is 6.74. The average Bonchev–Trinajstić information content (AvgIpc) is 2.87. The molecule has 0 heterocycles. The van der Waals surface area contributed by atoms with Crippen LogP contribution in [-0.4, -0.2) is 18.9 Å². The molecule has 0 aromatic heterocycles. The molecule has 0 radical (unpaired) electrons. The van der Waals surface area contributed by atoms with Gasteiger partial charge >= 0.3 is 0 Å². The summed E-state index contributed by atoms with van der Waals surface area (Å²) in [5.74, 6) is 1.18. The van der Waals surface area contributed by atoms with Crippen molar-refractivity contribution in [3.8, 4) is 0 Å². The monoisotopic (exact) mass is 240 g/mol. The molecule has 2 aliphatic rings. The van der Waals surface area contributed by atoms with Crippen molar-refractivity contribution in [2.24, 2.45) is 11.8 Å². The third kappa shape index (κ3) is 2.57. The van der Waals surface area contributed by atoms with Gasteiger partial charge in [-0.05, 0) is 50.7 Å². The van der Waals surface area contributed by atoms with Gasteiger partial charge in [0.15, 0.2) is 8.32 Å². The van der Waals surface area contributed by atoms with Crippen molar-refractivity contribution in [2.75, 3.05) is 0 Å². The molecule has 0 unspecified atom stereocenters. The van der Waals surface area contributed by atoms with Crippen LogP contribution in [0.5, 0.6) is 0 Å². The maximum Gasteiger partial charge on any atom is 0.185 e. The largest absolute Gasteiger partial charge is 0.432 e. The number of rotatable bonds is 3. The van der Waals surface area contributed by atoms with Gasteiger partial charge < -0.3 is 4.80 Å². The van der Waals surface area contributed by atoms with Gasteiger partial charge in [-0.25, -0.2) is 0 Å². The van der Waals surface area contributed by atoms with Crippen LogP contribution < -0.4 is 0 Å². The van der Waals surface area contributed by atoms with Crippen LogP contribution in [-0.2, 0) is 4.79 Å². The highest BCUT2D eigenvalue weighted by molar-refractivity contribution is 6.71. The lowest BCUT2D eigenvalue weighted by Gasteiger charge is -2.22. The molecule has 2 fully saturated rings. The van der Waals surface area contributed by atoms with E-state index in [0.717, 1.165) is 32.1 Å². The van der Waals surface area contributed by atoms with Crippen molar-refractivity contribution in [1.82, 2.24) is 0 Å². The summed E-state index contributed by atoms with van der Waals surface area (Å²) in [6, 6.07) is 0. The van der Waals surface area contributed by atoms with Crippen molar-refractivity contribution in [2.45, 2.75) is 63.6 Å².